The molecule has 1 unspecified atom stereocenters. The van der Waals surface area contributed by atoms with E-state index in [1.165, 1.54) is 0 Å². The maximum atomic E-state index is 12.6. The Labute approximate surface area is 143 Å². The third kappa shape index (κ3) is 2.78. The van der Waals surface area contributed by atoms with Gasteiger partial charge >= 0.3 is 0 Å². The van der Waals surface area contributed by atoms with Gasteiger partial charge in [-0.15, -0.1) is 0 Å². The lowest BCUT2D eigenvalue weighted by Gasteiger charge is -2.23. The van der Waals surface area contributed by atoms with Gasteiger partial charge in [-0.1, -0.05) is 18.2 Å². The molecule has 2 N–H and O–H groups in total. The van der Waals surface area contributed by atoms with Gasteiger partial charge in [-0.05, 0) is 37.3 Å². The first-order valence-electron chi connectivity index (χ1n) is 7.88. The highest BCUT2D eigenvalue weighted by molar-refractivity contribution is 6.09. The normalized spacial score (nSPS) is 15.9. The number of hydrogen-bond donors (Lipinski definition) is 2. The summed E-state index contributed by atoms with van der Waals surface area (Å²) in [6.45, 7) is 1.66. The van der Waals surface area contributed by atoms with E-state index in [4.69, 9.17) is 4.74 Å². The molecule has 0 spiro atoms. The summed E-state index contributed by atoms with van der Waals surface area (Å²) in [5.74, 6) is 0.0106. The van der Waals surface area contributed by atoms with Gasteiger partial charge < -0.3 is 15.4 Å². The SMILES string of the molecule is CC1Oc2cc(C(=O)Nc3cccc4cccnc34)ccc2NC1=O. The highest BCUT2D eigenvalue weighted by Gasteiger charge is 2.24. The fourth-order valence-electron chi connectivity index (χ4n) is 2.74. The van der Waals surface area contributed by atoms with Crippen molar-refractivity contribution in [3.05, 3.63) is 60.3 Å². The highest BCUT2D eigenvalue weighted by atomic mass is 16.5. The zero-order valence-electron chi connectivity index (χ0n) is 13.4. The molecule has 4 rings (SSSR count). The summed E-state index contributed by atoms with van der Waals surface area (Å²) in [5, 5.41) is 6.58. The van der Waals surface area contributed by atoms with Crippen LogP contribution in [0.4, 0.5) is 11.4 Å². The molecule has 0 saturated carbocycles. The average Bonchev–Trinajstić information content (AvgIpc) is 2.62. The number of amides is 2. The zero-order valence-corrected chi connectivity index (χ0v) is 13.4. The summed E-state index contributed by atoms with van der Waals surface area (Å²) >= 11 is 0. The summed E-state index contributed by atoms with van der Waals surface area (Å²) in [5.41, 5.74) is 2.37. The number of benzene rings is 2. The van der Waals surface area contributed by atoms with E-state index in [9.17, 15) is 9.59 Å². The second-order valence-electron chi connectivity index (χ2n) is 5.80. The molecule has 6 nitrogen and oxygen atoms in total. The second kappa shape index (κ2) is 5.90. The van der Waals surface area contributed by atoms with Crippen LogP contribution in [0, 0.1) is 0 Å². The van der Waals surface area contributed by atoms with Gasteiger partial charge in [0.15, 0.2) is 6.10 Å². The van der Waals surface area contributed by atoms with Crippen molar-refractivity contribution in [3.63, 3.8) is 0 Å². The van der Waals surface area contributed by atoms with Gasteiger partial charge in [0.2, 0.25) is 0 Å². The van der Waals surface area contributed by atoms with Crippen molar-refractivity contribution in [2.75, 3.05) is 10.6 Å². The standard InChI is InChI=1S/C19H15N3O3/c1-11-18(23)21-14-8-7-13(10-16(14)25-11)19(24)22-15-6-2-4-12-5-3-9-20-17(12)15/h2-11H,1H3,(H,21,23)(H,22,24). The van der Waals surface area contributed by atoms with Gasteiger partial charge in [0.25, 0.3) is 11.8 Å². The van der Waals surface area contributed by atoms with Crippen LogP contribution in [0.2, 0.25) is 0 Å². The quantitative estimate of drug-likeness (QED) is 0.755. The smallest absolute Gasteiger partial charge is 0.265 e. The predicted molar refractivity (Wildman–Crippen MR) is 94.9 cm³/mol. The van der Waals surface area contributed by atoms with E-state index in [2.05, 4.69) is 15.6 Å². The number of rotatable bonds is 2. The molecule has 1 aliphatic rings. The Morgan fingerprint density at radius 3 is 2.92 bits per heavy atom. The van der Waals surface area contributed by atoms with Crippen molar-refractivity contribution in [2.24, 2.45) is 0 Å². The van der Waals surface area contributed by atoms with Gasteiger partial charge in [0.1, 0.15) is 5.75 Å². The topological polar surface area (TPSA) is 80.3 Å². The zero-order chi connectivity index (χ0) is 17.4. The van der Waals surface area contributed by atoms with E-state index >= 15 is 0 Å². The first-order chi connectivity index (χ1) is 12.1. The molecule has 0 bridgehead atoms. The van der Waals surface area contributed by atoms with Crippen LogP contribution in [0.3, 0.4) is 0 Å². The minimum atomic E-state index is -0.590. The van der Waals surface area contributed by atoms with Crippen LogP contribution in [0.5, 0.6) is 5.75 Å². The number of hydrogen-bond acceptors (Lipinski definition) is 4. The number of para-hydroxylation sites is 1. The number of anilines is 2. The fourth-order valence-corrected chi connectivity index (χ4v) is 2.74. The molecule has 0 saturated heterocycles. The van der Waals surface area contributed by atoms with Crippen LogP contribution < -0.4 is 15.4 Å². The molecule has 124 valence electrons. The maximum Gasteiger partial charge on any atom is 0.265 e. The monoisotopic (exact) mass is 333 g/mol. The van der Waals surface area contributed by atoms with Crippen molar-refractivity contribution in [2.45, 2.75) is 13.0 Å². The van der Waals surface area contributed by atoms with Gasteiger partial charge in [-0.2, -0.15) is 0 Å². The molecule has 1 aromatic heterocycles. The van der Waals surface area contributed by atoms with E-state index in [0.29, 0.717) is 22.7 Å². The molecule has 25 heavy (non-hydrogen) atoms. The third-order valence-corrected chi connectivity index (χ3v) is 4.06. The van der Waals surface area contributed by atoms with E-state index in [0.717, 1.165) is 10.9 Å². The molecular weight excluding hydrogens is 318 g/mol. The number of carbonyl (C=O) groups excluding carboxylic acids is 2. The van der Waals surface area contributed by atoms with Crippen molar-refractivity contribution in [1.82, 2.24) is 4.98 Å². The number of fused-ring (bicyclic) bond motifs is 2. The van der Waals surface area contributed by atoms with Gasteiger partial charge in [-0.25, -0.2) is 0 Å². The Hall–Kier alpha value is -3.41. The Morgan fingerprint density at radius 1 is 1.20 bits per heavy atom. The molecule has 0 aliphatic carbocycles. The van der Waals surface area contributed by atoms with Crippen molar-refractivity contribution in [3.8, 4) is 5.75 Å². The molecule has 0 fully saturated rings. The largest absolute Gasteiger partial charge is 0.479 e. The van der Waals surface area contributed by atoms with Gasteiger partial charge in [-0.3, -0.25) is 14.6 Å². The minimum Gasteiger partial charge on any atom is -0.479 e. The molecule has 1 atom stereocenters. The highest BCUT2D eigenvalue weighted by Crippen LogP contribution is 2.31. The van der Waals surface area contributed by atoms with E-state index in [1.807, 2.05) is 30.3 Å². The number of carbonyl (C=O) groups is 2. The summed E-state index contributed by atoms with van der Waals surface area (Å²) in [7, 11) is 0. The van der Waals surface area contributed by atoms with Crippen molar-refractivity contribution >= 4 is 34.1 Å². The Bertz CT molecular complexity index is 995. The second-order valence-corrected chi connectivity index (χ2v) is 5.80. The first-order valence-corrected chi connectivity index (χ1v) is 7.88. The van der Waals surface area contributed by atoms with Crippen LogP contribution in [-0.4, -0.2) is 22.9 Å². The van der Waals surface area contributed by atoms with Crippen LogP contribution in [0.1, 0.15) is 17.3 Å². The van der Waals surface area contributed by atoms with Gasteiger partial charge in [0, 0.05) is 17.1 Å². The van der Waals surface area contributed by atoms with Crippen LogP contribution in [-0.2, 0) is 4.79 Å². The van der Waals surface area contributed by atoms with E-state index in [-0.39, 0.29) is 11.8 Å². The van der Waals surface area contributed by atoms with E-state index in [1.54, 1.807) is 31.3 Å². The van der Waals surface area contributed by atoms with Gasteiger partial charge in [0.05, 0.1) is 16.9 Å². The van der Waals surface area contributed by atoms with Crippen LogP contribution in [0.15, 0.2) is 54.7 Å². The molecule has 6 heteroatoms. The van der Waals surface area contributed by atoms with Crippen molar-refractivity contribution < 1.29 is 14.3 Å². The molecule has 1 aliphatic heterocycles. The lowest BCUT2D eigenvalue weighted by atomic mass is 10.1. The molecule has 2 heterocycles. The Kier molecular flexibility index (Phi) is 3.57. The van der Waals surface area contributed by atoms with E-state index < -0.39 is 6.10 Å². The molecule has 0 radical (unpaired) electrons. The fraction of sp³-hybridized carbons (Fsp3) is 0.105. The minimum absolute atomic E-state index is 0.202. The molecule has 3 aromatic rings. The average molecular weight is 333 g/mol. The predicted octanol–water partition coefficient (Wildman–Crippen LogP) is 3.21. The first kappa shape index (κ1) is 15.1. The summed E-state index contributed by atoms with van der Waals surface area (Å²) < 4.78 is 5.55. The van der Waals surface area contributed by atoms with Crippen LogP contribution in [0.25, 0.3) is 10.9 Å². The number of aromatic nitrogens is 1. The number of ether oxygens (including phenoxy) is 1. The number of nitrogens with one attached hydrogen (secondary N) is 2. The summed E-state index contributed by atoms with van der Waals surface area (Å²) in [6.07, 6.45) is 1.10. The third-order valence-electron chi connectivity index (χ3n) is 4.06. The number of pyridine rings is 1. The lowest BCUT2D eigenvalue weighted by molar-refractivity contribution is -0.122. The summed E-state index contributed by atoms with van der Waals surface area (Å²) in [6, 6.07) is 14.3. The van der Waals surface area contributed by atoms with Crippen molar-refractivity contribution in [1.29, 1.82) is 0 Å². The Balaban J connectivity index is 1.63. The Morgan fingerprint density at radius 2 is 2.04 bits per heavy atom. The molecule has 2 aromatic carbocycles. The van der Waals surface area contributed by atoms with Crippen LogP contribution >= 0.6 is 0 Å². The summed E-state index contributed by atoms with van der Waals surface area (Å²) in [4.78, 5) is 28.6. The molecular formula is C19H15N3O3. The maximum absolute atomic E-state index is 12.6. The molecule has 2 amide bonds. The number of nitrogens with zero attached hydrogens (tertiary/aromatic N) is 1. The lowest BCUT2D eigenvalue weighted by Crippen LogP contribution is -2.34.